The van der Waals surface area contributed by atoms with Crippen LogP contribution < -0.4 is 4.90 Å². The Hall–Kier alpha value is -1.38. The third-order valence-electron chi connectivity index (χ3n) is 3.09. The van der Waals surface area contributed by atoms with Crippen LogP contribution in [0.1, 0.15) is 38.1 Å². The zero-order valence-corrected chi connectivity index (χ0v) is 10.7. The van der Waals surface area contributed by atoms with Gasteiger partial charge in [-0.15, -0.1) is 0 Å². The number of Topliss-reactive ketones (excluding diaryl/α,β-unsaturated/α-hetero) is 1. The van der Waals surface area contributed by atoms with Gasteiger partial charge in [0.25, 0.3) is 0 Å². The van der Waals surface area contributed by atoms with Crippen LogP contribution in [0.5, 0.6) is 0 Å². The summed E-state index contributed by atoms with van der Waals surface area (Å²) in [4.78, 5) is 17.6. The van der Waals surface area contributed by atoms with Crippen molar-refractivity contribution in [3.63, 3.8) is 0 Å². The van der Waals surface area contributed by atoms with Gasteiger partial charge in [-0.25, -0.2) is 4.98 Å². The molecule has 0 amide bonds. The van der Waals surface area contributed by atoms with Crippen LogP contribution in [0, 0.1) is 5.92 Å². The van der Waals surface area contributed by atoms with E-state index in [2.05, 4.69) is 30.7 Å². The van der Waals surface area contributed by atoms with Gasteiger partial charge in [0.2, 0.25) is 0 Å². The predicted molar refractivity (Wildman–Crippen MR) is 66.9 cm³/mol. The number of pyridine rings is 1. The van der Waals surface area contributed by atoms with Gasteiger partial charge in [0, 0.05) is 24.8 Å². The summed E-state index contributed by atoms with van der Waals surface area (Å²) in [5.41, 5.74) is 0.661. The van der Waals surface area contributed by atoms with Crippen LogP contribution in [0.15, 0.2) is 18.3 Å². The Morgan fingerprint density at radius 1 is 1.31 bits per heavy atom. The Kier molecular flexibility index (Phi) is 4.05. The molecule has 0 spiro atoms. The molecule has 0 aliphatic heterocycles. The number of rotatable bonds is 4. The maximum atomic E-state index is 11.1. The molecule has 1 rings (SSSR count). The Morgan fingerprint density at radius 2 is 1.94 bits per heavy atom. The summed E-state index contributed by atoms with van der Waals surface area (Å²) in [7, 11) is 2.03. The Labute approximate surface area is 97.5 Å². The largest absolute Gasteiger partial charge is 0.357 e. The van der Waals surface area contributed by atoms with Crippen LogP contribution in [0.2, 0.25) is 0 Å². The molecule has 1 aromatic rings. The molecule has 1 aromatic heterocycles. The van der Waals surface area contributed by atoms with Gasteiger partial charge in [0.15, 0.2) is 5.78 Å². The number of hydrogen-bond donors (Lipinski definition) is 0. The second-order valence-electron chi connectivity index (χ2n) is 4.56. The lowest BCUT2D eigenvalue weighted by molar-refractivity contribution is 0.101. The standard InChI is InChI=1S/C13H20N2O/c1-9(2)10(3)15(5)13-7-6-12(8-14-13)11(4)16/h6-10H,1-5H3. The minimum atomic E-state index is 0.0543. The fourth-order valence-electron chi connectivity index (χ4n) is 1.46. The molecule has 1 heterocycles. The second kappa shape index (κ2) is 5.10. The molecule has 0 saturated carbocycles. The molecule has 0 bridgehead atoms. The third kappa shape index (κ3) is 2.81. The van der Waals surface area contributed by atoms with Crippen molar-refractivity contribution < 1.29 is 4.79 Å². The van der Waals surface area contributed by atoms with Gasteiger partial charge in [-0.2, -0.15) is 0 Å². The number of nitrogens with zero attached hydrogens (tertiary/aromatic N) is 2. The zero-order chi connectivity index (χ0) is 12.3. The van der Waals surface area contributed by atoms with Crippen LogP contribution in [0.25, 0.3) is 0 Å². The Morgan fingerprint density at radius 3 is 2.31 bits per heavy atom. The van der Waals surface area contributed by atoms with Crippen LogP contribution >= 0.6 is 0 Å². The topological polar surface area (TPSA) is 33.2 Å². The predicted octanol–water partition coefficient (Wildman–Crippen LogP) is 2.76. The Bertz CT molecular complexity index is 357. The van der Waals surface area contributed by atoms with Crippen LogP contribution in [-0.4, -0.2) is 23.9 Å². The van der Waals surface area contributed by atoms with E-state index in [1.807, 2.05) is 19.2 Å². The first-order valence-corrected chi connectivity index (χ1v) is 5.63. The maximum Gasteiger partial charge on any atom is 0.161 e. The first-order valence-electron chi connectivity index (χ1n) is 5.63. The molecule has 0 aromatic carbocycles. The van der Waals surface area contributed by atoms with Crippen molar-refractivity contribution in [3.05, 3.63) is 23.9 Å². The van der Waals surface area contributed by atoms with Crippen molar-refractivity contribution in [2.45, 2.75) is 33.7 Å². The normalized spacial score (nSPS) is 12.6. The summed E-state index contributed by atoms with van der Waals surface area (Å²) in [6.45, 7) is 8.10. The average Bonchev–Trinajstić information content (AvgIpc) is 2.27. The van der Waals surface area contributed by atoms with E-state index < -0.39 is 0 Å². The lowest BCUT2D eigenvalue weighted by atomic mass is 10.1. The minimum Gasteiger partial charge on any atom is -0.357 e. The summed E-state index contributed by atoms with van der Waals surface area (Å²) in [6.07, 6.45) is 1.64. The van der Waals surface area contributed by atoms with Gasteiger partial charge in [-0.1, -0.05) is 13.8 Å². The number of carbonyl (C=O) groups is 1. The molecule has 1 unspecified atom stereocenters. The van der Waals surface area contributed by atoms with Gasteiger partial charge in [0.05, 0.1) is 0 Å². The number of hydrogen-bond acceptors (Lipinski definition) is 3. The number of aromatic nitrogens is 1. The fraction of sp³-hybridized carbons (Fsp3) is 0.538. The lowest BCUT2D eigenvalue weighted by Gasteiger charge is -2.28. The molecular weight excluding hydrogens is 200 g/mol. The van der Waals surface area contributed by atoms with E-state index in [0.717, 1.165) is 5.82 Å². The van der Waals surface area contributed by atoms with Crippen LogP contribution in [0.4, 0.5) is 5.82 Å². The first-order chi connectivity index (χ1) is 7.43. The first kappa shape index (κ1) is 12.7. The van der Waals surface area contributed by atoms with Crippen molar-refractivity contribution in [2.75, 3.05) is 11.9 Å². The van der Waals surface area contributed by atoms with E-state index in [-0.39, 0.29) is 5.78 Å². The average molecular weight is 220 g/mol. The quantitative estimate of drug-likeness (QED) is 0.731. The molecule has 88 valence electrons. The van der Waals surface area contributed by atoms with Crippen molar-refractivity contribution in [1.29, 1.82) is 0 Å². The van der Waals surface area contributed by atoms with Gasteiger partial charge in [0.1, 0.15) is 5.82 Å². The van der Waals surface area contributed by atoms with Gasteiger partial charge >= 0.3 is 0 Å². The van der Waals surface area contributed by atoms with Crippen LogP contribution in [0.3, 0.4) is 0 Å². The molecule has 0 saturated heterocycles. The van der Waals surface area contributed by atoms with Gasteiger partial charge < -0.3 is 4.90 Å². The van der Waals surface area contributed by atoms with E-state index in [0.29, 0.717) is 17.5 Å². The molecule has 0 aliphatic carbocycles. The van der Waals surface area contributed by atoms with Gasteiger partial charge in [-0.05, 0) is 31.9 Å². The second-order valence-corrected chi connectivity index (χ2v) is 4.56. The van der Waals surface area contributed by atoms with E-state index >= 15 is 0 Å². The van der Waals surface area contributed by atoms with Crippen molar-refractivity contribution in [2.24, 2.45) is 5.92 Å². The minimum absolute atomic E-state index is 0.0543. The van der Waals surface area contributed by atoms with E-state index in [4.69, 9.17) is 0 Å². The smallest absolute Gasteiger partial charge is 0.161 e. The molecular formula is C13H20N2O. The highest BCUT2D eigenvalue weighted by atomic mass is 16.1. The molecule has 0 N–H and O–H groups in total. The highest BCUT2D eigenvalue weighted by molar-refractivity contribution is 5.93. The summed E-state index contributed by atoms with van der Waals surface area (Å²) >= 11 is 0. The molecule has 16 heavy (non-hydrogen) atoms. The van der Waals surface area contributed by atoms with Crippen molar-refractivity contribution >= 4 is 11.6 Å². The SMILES string of the molecule is CC(=O)c1ccc(N(C)C(C)C(C)C)nc1. The van der Waals surface area contributed by atoms with E-state index in [9.17, 15) is 4.79 Å². The molecule has 1 atom stereocenters. The summed E-state index contributed by atoms with van der Waals surface area (Å²) in [5, 5.41) is 0. The van der Waals surface area contributed by atoms with Gasteiger partial charge in [-0.3, -0.25) is 4.79 Å². The highest BCUT2D eigenvalue weighted by Crippen LogP contribution is 2.16. The monoisotopic (exact) mass is 220 g/mol. The highest BCUT2D eigenvalue weighted by Gasteiger charge is 2.14. The van der Waals surface area contributed by atoms with Crippen molar-refractivity contribution in [1.82, 2.24) is 4.98 Å². The fourth-order valence-corrected chi connectivity index (χ4v) is 1.46. The maximum absolute atomic E-state index is 11.1. The number of ketones is 1. The Balaban J connectivity index is 2.85. The zero-order valence-electron chi connectivity index (χ0n) is 10.7. The lowest BCUT2D eigenvalue weighted by Crippen LogP contribution is -2.33. The third-order valence-corrected chi connectivity index (χ3v) is 3.09. The number of anilines is 1. The molecule has 0 aliphatic rings. The summed E-state index contributed by atoms with van der Waals surface area (Å²) < 4.78 is 0. The molecule has 3 heteroatoms. The summed E-state index contributed by atoms with van der Waals surface area (Å²) in [6, 6.07) is 4.15. The van der Waals surface area contributed by atoms with Crippen LogP contribution in [-0.2, 0) is 0 Å². The van der Waals surface area contributed by atoms with E-state index in [1.165, 1.54) is 0 Å². The van der Waals surface area contributed by atoms with E-state index in [1.54, 1.807) is 13.1 Å². The number of carbonyl (C=O) groups excluding carboxylic acids is 1. The summed E-state index contributed by atoms with van der Waals surface area (Å²) in [5.74, 6) is 1.53. The molecule has 0 fully saturated rings. The molecule has 0 radical (unpaired) electrons. The van der Waals surface area contributed by atoms with Crippen molar-refractivity contribution in [3.8, 4) is 0 Å². The molecule has 3 nitrogen and oxygen atoms in total.